The van der Waals surface area contributed by atoms with E-state index in [1.807, 2.05) is 0 Å². The summed E-state index contributed by atoms with van der Waals surface area (Å²) < 4.78 is 11.4. The Bertz CT molecular complexity index is 494. The van der Waals surface area contributed by atoms with Crippen molar-refractivity contribution in [2.75, 3.05) is 38.6 Å². The molecule has 0 aliphatic carbocycles. The number of nitrogens with zero attached hydrogens (tertiary/aromatic N) is 3. The highest BCUT2D eigenvalue weighted by molar-refractivity contribution is 5.92. The Kier molecular flexibility index (Phi) is 4.57. The second kappa shape index (κ2) is 6.38. The number of nitrogen functional groups attached to an aromatic ring is 1. The van der Waals surface area contributed by atoms with E-state index < -0.39 is 5.97 Å². The minimum atomic E-state index is -0.581. The number of morpholine rings is 1. The Labute approximate surface area is 116 Å². The lowest BCUT2D eigenvalue weighted by Gasteiger charge is -2.26. The van der Waals surface area contributed by atoms with Crippen molar-refractivity contribution in [2.45, 2.75) is 13.5 Å². The summed E-state index contributed by atoms with van der Waals surface area (Å²) >= 11 is 0. The van der Waals surface area contributed by atoms with Gasteiger partial charge in [0, 0.05) is 19.3 Å². The summed E-state index contributed by atoms with van der Waals surface area (Å²) in [7, 11) is 0. The van der Waals surface area contributed by atoms with Crippen LogP contribution in [0.15, 0.2) is 6.20 Å². The molecule has 0 atom stereocenters. The van der Waals surface area contributed by atoms with E-state index in [2.05, 4.69) is 5.10 Å². The third kappa shape index (κ3) is 3.27. The molecule has 1 amide bonds. The van der Waals surface area contributed by atoms with Crippen LogP contribution in [0.25, 0.3) is 0 Å². The number of amides is 1. The van der Waals surface area contributed by atoms with Crippen molar-refractivity contribution in [3.8, 4) is 0 Å². The molecule has 8 heteroatoms. The van der Waals surface area contributed by atoms with Gasteiger partial charge in [0.15, 0.2) is 5.69 Å². The zero-order valence-corrected chi connectivity index (χ0v) is 11.4. The Balaban J connectivity index is 2.01. The molecule has 1 fully saturated rings. The van der Waals surface area contributed by atoms with Crippen molar-refractivity contribution in [1.29, 1.82) is 0 Å². The highest BCUT2D eigenvalue weighted by Crippen LogP contribution is 2.11. The van der Waals surface area contributed by atoms with E-state index in [1.165, 1.54) is 10.9 Å². The monoisotopic (exact) mass is 282 g/mol. The van der Waals surface area contributed by atoms with Gasteiger partial charge < -0.3 is 20.1 Å². The number of carbonyl (C=O) groups is 2. The Hall–Kier alpha value is -2.09. The summed E-state index contributed by atoms with van der Waals surface area (Å²) in [6.07, 6.45) is 1.46. The molecule has 0 bridgehead atoms. The van der Waals surface area contributed by atoms with Crippen LogP contribution in [-0.2, 0) is 20.8 Å². The van der Waals surface area contributed by atoms with E-state index in [-0.39, 0.29) is 30.4 Å². The second-order valence-electron chi connectivity index (χ2n) is 4.34. The number of anilines is 1. The smallest absolute Gasteiger partial charge is 0.361 e. The highest BCUT2D eigenvalue weighted by Gasteiger charge is 2.20. The molecule has 1 aliphatic rings. The third-order valence-corrected chi connectivity index (χ3v) is 2.92. The molecule has 0 aromatic carbocycles. The van der Waals surface area contributed by atoms with Crippen molar-refractivity contribution in [3.05, 3.63) is 11.9 Å². The van der Waals surface area contributed by atoms with E-state index in [1.54, 1.807) is 11.8 Å². The van der Waals surface area contributed by atoms with Crippen LogP contribution in [0, 0.1) is 0 Å². The maximum Gasteiger partial charge on any atom is 0.361 e. The molecular formula is C12H18N4O4. The average molecular weight is 282 g/mol. The molecule has 110 valence electrons. The predicted octanol–water partition coefficient (Wildman–Crippen LogP) is -0.499. The van der Waals surface area contributed by atoms with Gasteiger partial charge in [-0.15, -0.1) is 0 Å². The van der Waals surface area contributed by atoms with Crippen molar-refractivity contribution >= 4 is 17.6 Å². The predicted molar refractivity (Wildman–Crippen MR) is 70.0 cm³/mol. The van der Waals surface area contributed by atoms with E-state index >= 15 is 0 Å². The molecule has 0 saturated carbocycles. The maximum absolute atomic E-state index is 12.0. The van der Waals surface area contributed by atoms with E-state index in [4.69, 9.17) is 15.2 Å². The topological polar surface area (TPSA) is 99.7 Å². The minimum Gasteiger partial charge on any atom is -0.461 e. The molecule has 0 spiro atoms. The normalized spacial score (nSPS) is 15.2. The molecular weight excluding hydrogens is 264 g/mol. The zero-order chi connectivity index (χ0) is 14.5. The lowest BCUT2D eigenvalue weighted by atomic mass is 10.4. The fraction of sp³-hybridized carbons (Fsp3) is 0.583. The highest BCUT2D eigenvalue weighted by atomic mass is 16.5. The number of rotatable bonds is 4. The first kappa shape index (κ1) is 14.3. The Morgan fingerprint density at radius 1 is 1.45 bits per heavy atom. The van der Waals surface area contributed by atoms with Crippen LogP contribution in [0.1, 0.15) is 17.4 Å². The van der Waals surface area contributed by atoms with Gasteiger partial charge >= 0.3 is 5.97 Å². The minimum absolute atomic E-state index is 0.0432. The fourth-order valence-corrected chi connectivity index (χ4v) is 1.93. The largest absolute Gasteiger partial charge is 0.461 e. The molecule has 2 heterocycles. The summed E-state index contributed by atoms with van der Waals surface area (Å²) in [6.45, 7) is 4.22. The van der Waals surface area contributed by atoms with Crippen LogP contribution in [-0.4, -0.2) is 59.5 Å². The van der Waals surface area contributed by atoms with Gasteiger partial charge in [0.25, 0.3) is 0 Å². The number of esters is 1. The first-order valence-corrected chi connectivity index (χ1v) is 6.47. The molecule has 8 nitrogen and oxygen atoms in total. The fourth-order valence-electron chi connectivity index (χ4n) is 1.93. The van der Waals surface area contributed by atoms with Gasteiger partial charge in [0.1, 0.15) is 6.54 Å². The number of aromatic nitrogens is 2. The van der Waals surface area contributed by atoms with Crippen molar-refractivity contribution in [1.82, 2.24) is 14.7 Å². The second-order valence-corrected chi connectivity index (χ2v) is 4.34. The molecule has 1 saturated heterocycles. The average Bonchev–Trinajstić information content (AvgIpc) is 2.81. The van der Waals surface area contributed by atoms with Crippen LogP contribution >= 0.6 is 0 Å². The van der Waals surface area contributed by atoms with Gasteiger partial charge in [-0.05, 0) is 6.92 Å². The lowest BCUT2D eigenvalue weighted by molar-refractivity contribution is -0.136. The van der Waals surface area contributed by atoms with Crippen LogP contribution in [0.2, 0.25) is 0 Å². The van der Waals surface area contributed by atoms with E-state index in [0.717, 1.165) is 0 Å². The quantitative estimate of drug-likeness (QED) is 0.747. The molecule has 0 unspecified atom stereocenters. The van der Waals surface area contributed by atoms with Crippen LogP contribution in [0.4, 0.5) is 5.69 Å². The third-order valence-electron chi connectivity index (χ3n) is 2.92. The van der Waals surface area contributed by atoms with Crippen LogP contribution in [0.5, 0.6) is 0 Å². The Morgan fingerprint density at radius 2 is 2.15 bits per heavy atom. The van der Waals surface area contributed by atoms with Crippen LogP contribution in [0.3, 0.4) is 0 Å². The molecule has 1 aromatic heterocycles. The van der Waals surface area contributed by atoms with E-state index in [9.17, 15) is 9.59 Å². The molecule has 0 radical (unpaired) electrons. The lowest BCUT2D eigenvalue weighted by Crippen LogP contribution is -2.42. The first-order valence-electron chi connectivity index (χ1n) is 6.47. The maximum atomic E-state index is 12.0. The van der Waals surface area contributed by atoms with Gasteiger partial charge in [-0.2, -0.15) is 5.10 Å². The summed E-state index contributed by atoms with van der Waals surface area (Å²) in [6, 6.07) is 0. The summed E-state index contributed by atoms with van der Waals surface area (Å²) in [5.41, 5.74) is 5.95. The molecule has 20 heavy (non-hydrogen) atoms. The standard InChI is InChI=1S/C12H18N4O4/c1-2-20-12(18)11-9(13)7-16(14-11)8-10(17)15-3-5-19-6-4-15/h7H,2-6,8,13H2,1H3. The molecule has 2 N–H and O–H groups in total. The summed E-state index contributed by atoms with van der Waals surface area (Å²) in [5, 5.41) is 4.00. The van der Waals surface area contributed by atoms with Crippen molar-refractivity contribution < 1.29 is 19.1 Å². The van der Waals surface area contributed by atoms with Gasteiger partial charge in [-0.1, -0.05) is 0 Å². The summed E-state index contributed by atoms with van der Waals surface area (Å²) in [4.78, 5) is 25.3. The summed E-state index contributed by atoms with van der Waals surface area (Å²) in [5.74, 6) is -0.659. The zero-order valence-electron chi connectivity index (χ0n) is 11.4. The van der Waals surface area contributed by atoms with E-state index in [0.29, 0.717) is 26.3 Å². The first-order chi connectivity index (χ1) is 9.61. The van der Waals surface area contributed by atoms with Gasteiger partial charge in [0.05, 0.1) is 25.5 Å². The van der Waals surface area contributed by atoms with Crippen molar-refractivity contribution in [2.24, 2.45) is 0 Å². The number of ether oxygens (including phenoxy) is 2. The van der Waals surface area contributed by atoms with Gasteiger partial charge in [-0.3, -0.25) is 9.48 Å². The number of hydrogen-bond donors (Lipinski definition) is 1. The van der Waals surface area contributed by atoms with Crippen molar-refractivity contribution in [3.63, 3.8) is 0 Å². The SMILES string of the molecule is CCOC(=O)c1nn(CC(=O)N2CCOCC2)cc1N. The van der Waals surface area contributed by atoms with Crippen LogP contribution < -0.4 is 5.73 Å². The number of hydrogen-bond acceptors (Lipinski definition) is 6. The van der Waals surface area contributed by atoms with Gasteiger partial charge in [-0.25, -0.2) is 4.79 Å². The molecule has 1 aliphatic heterocycles. The Morgan fingerprint density at radius 3 is 2.80 bits per heavy atom. The number of nitrogens with two attached hydrogens (primary N) is 1. The number of carbonyl (C=O) groups excluding carboxylic acids is 2. The van der Waals surface area contributed by atoms with Gasteiger partial charge in [0.2, 0.25) is 5.91 Å². The molecule has 2 rings (SSSR count). The molecule has 1 aromatic rings.